The molecule has 1 aliphatic heterocycles. The lowest BCUT2D eigenvalue weighted by atomic mass is 10.1. The summed E-state index contributed by atoms with van der Waals surface area (Å²) in [4.78, 5) is 7.58. The quantitative estimate of drug-likeness (QED) is 0.470. The molecular formula is C22H15F6N3O. The molecule has 0 radical (unpaired) electrons. The molecular weight excluding hydrogens is 436 g/mol. The highest BCUT2D eigenvalue weighted by Crippen LogP contribution is 2.49. The molecule has 0 spiro atoms. The summed E-state index contributed by atoms with van der Waals surface area (Å²) in [6.45, 7) is -0.0834. The number of nitrogens with zero attached hydrogens (tertiary/aromatic N) is 3. The summed E-state index contributed by atoms with van der Waals surface area (Å²) >= 11 is 0. The molecule has 0 N–H and O–H groups in total. The first kappa shape index (κ1) is 21.7. The molecule has 2 aromatic carbocycles. The van der Waals surface area contributed by atoms with Gasteiger partial charge in [0.05, 0.1) is 12.8 Å². The molecule has 0 amide bonds. The van der Waals surface area contributed by atoms with Crippen LogP contribution in [0.3, 0.4) is 0 Å². The van der Waals surface area contributed by atoms with E-state index in [0.29, 0.717) is 5.56 Å². The van der Waals surface area contributed by atoms with E-state index in [1.165, 1.54) is 41.3 Å². The zero-order chi connectivity index (χ0) is 23.0. The van der Waals surface area contributed by atoms with Crippen molar-refractivity contribution in [3.05, 3.63) is 95.9 Å². The summed E-state index contributed by atoms with van der Waals surface area (Å²) in [7, 11) is 0. The van der Waals surface area contributed by atoms with Crippen LogP contribution >= 0.6 is 0 Å². The fraction of sp³-hybridized carbons (Fsp3) is 0.182. The smallest absolute Gasteiger partial charge is 0.443 e. The minimum Gasteiger partial charge on any atom is -0.461 e. The monoisotopic (exact) mass is 451 g/mol. The number of hydrogen-bond donors (Lipinski definition) is 0. The fourth-order valence-electron chi connectivity index (χ4n) is 3.28. The maximum absolute atomic E-state index is 14.0. The molecule has 166 valence electrons. The van der Waals surface area contributed by atoms with Crippen LogP contribution in [0.2, 0.25) is 0 Å². The van der Waals surface area contributed by atoms with Crippen LogP contribution in [0.1, 0.15) is 16.9 Å². The molecule has 1 aliphatic rings. The molecule has 4 rings (SSSR count). The minimum atomic E-state index is -5.85. The highest BCUT2D eigenvalue weighted by Gasteiger charge is 2.74. The lowest BCUT2D eigenvalue weighted by Gasteiger charge is -2.39. The van der Waals surface area contributed by atoms with Gasteiger partial charge in [-0.25, -0.2) is 9.98 Å². The fourth-order valence-corrected chi connectivity index (χ4v) is 3.28. The Hall–Kier alpha value is -3.56. The number of amidine groups is 2. The standard InChI is InChI=1S/C22H15F6N3O/c23-21(24,25)20(22(26,27)28)29-18(16-10-5-2-6-11-16)31(14-15-8-3-1-4-9-15)19(30-20)17-12-7-13-32-17/h1-13H,14H2. The third-order valence-corrected chi connectivity index (χ3v) is 4.79. The molecule has 2 heterocycles. The number of rotatable bonds is 4. The summed E-state index contributed by atoms with van der Waals surface area (Å²) in [6.07, 6.45) is -10.5. The van der Waals surface area contributed by atoms with Crippen molar-refractivity contribution in [2.24, 2.45) is 9.98 Å². The molecule has 0 fully saturated rings. The zero-order valence-corrected chi connectivity index (χ0v) is 16.2. The second-order valence-corrected chi connectivity index (χ2v) is 6.95. The number of hydrogen-bond acceptors (Lipinski definition) is 4. The first-order valence-corrected chi connectivity index (χ1v) is 9.36. The molecule has 0 atom stereocenters. The molecule has 0 aliphatic carbocycles. The predicted octanol–water partition coefficient (Wildman–Crippen LogP) is 5.81. The van der Waals surface area contributed by atoms with E-state index in [2.05, 4.69) is 9.98 Å². The maximum atomic E-state index is 14.0. The van der Waals surface area contributed by atoms with Gasteiger partial charge >= 0.3 is 18.0 Å². The predicted molar refractivity (Wildman–Crippen MR) is 105 cm³/mol. The van der Waals surface area contributed by atoms with Crippen LogP contribution in [0, 0.1) is 0 Å². The summed E-state index contributed by atoms with van der Waals surface area (Å²) < 4.78 is 89.0. The molecule has 0 unspecified atom stereocenters. The van der Waals surface area contributed by atoms with E-state index in [-0.39, 0.29) is 17.9 Å². The van der Waals surface area contributed by atoms with Crippen molar-refractivity contribution in [2.75, 3.05) is 0 Å². The summed E-state index contributed by atoms with van der Waals surface area (Å²) in [5, 5.41) is 0. The molecule has 0 bridgehead atoms. The first-order valence-electron chi connectivity index (χ1n) is 9.36. The first-order chi connectivity index (χ1) is 15.1. The van der Waals surface area contributed by atoms with E-state index >= 15 is 0 Å². The van der Waals surface area contributed by atoms with E-state index in [9.17, 15) is 26.3 Å². The van der Waals surface area contributed by atoms with Gasteiger partial charge in [-0.15, -0.1) is 0 Å². The normalized spacial score (nSPS) is 16.5. The summed E-state index contributed by atoms with van der Waals surface area (Å²) in [5.41, 5.74) is -3.98. The third-order valence-electron chi connectivity index (χ3n) is 4.79. The average Bonchev–Trinajstić information content (AvgIpc) is 3.28. The molecule has 3 aromatic rings. The Balaban J connectivity index is 2.00. The largest absolute Gasteiger partial charge is 0.461 e. The van der Waals surface area contributed by atoms with E-state index in [0.717, 1.165) is 6.26 Å². The van der Waals surface area contributed by atoms with Gasteiger partial charge < -0.3 is 9.32 Å². The van der Waals surface area contributed by atoms with E-state index in [1.54, 1.807) is 36.4 Å². The maximum Gasteiger partial charge on any atom is 0.443 e. The van der Waals surface area contributed by atoms with Gasteiger partial charge in [-0.1, -0.05) is 60.7 Å². The Morgan fingerprint density at radius 3 is 1.81 bits per heavy atom. The van der Waals surface area contributed by atoms with Crippen LogP contribution in [0.25, 0.3) is 0 Å². The number of aliphatic imine (C=N–C) groups is 2. The van der Waals surface area contributed by atoms with Gasteiger partial charge in [0.1, 0.15) is 5.84 Å². The van der Waals surface area contributed by atoms with Crippen molar-refractivity contribution < 1.29 is 30.8 Å². The lowest BCUT2D eigenvalue weighted by molar-refractivity contribution is -0.293. The van der Waals surface area contributed by atoms with Crippen LogP contribution in [-0.2, 0) is 6.54 Å². The van der Waals surface area contributed by atoms with Crippen molar-refractivity contribution in [1.29, 1.82) is 0 Å². The molecule has 1 aromatic heterocycles. The Kier molecular flexibility index (Phi) is 5.31. The lowest BCUT2D eigenvalue weighted by Crippen LogP contribution is -2.59. The molecule has 10 heteroatoms. The Morgan fingerprint density at radius 1 is 0.719 bits per heavy atom. The summed E-state index contributed by atoms with van der Waals surface area (Å²) in [6, 6.07) is 18.5. The Bertz CT molecular complexity index is 1110. The second kappa shape index (κ2) is 7.85. The van der Waals surface area contributed by atoms with Crippen molar-refractivity contribution >= 4 is 11.7 Å². The Labute approximate surface area is 178 Å². The van der Waals surface area contributed by atoms with E-state index < -0.39 is 29.7 Å². The number of alkyl halides is 6. The number of benzene rings is 2. The van der Waals surface area contributed by atoms with Crippen LogP contribution < -0.4 is 0 Å². The van der Waals surface area contributed by atoms with Crippen LogP contribution in [0.4, 0.5) is 26.3 Å². The van der Waals surface area contributed by atoms with Gasteiger partial charge in [0.15, 0.2) is 11.6 Å². The summed E-state index contributed by atoms with van der Waals surface area (Å²) in [5.74, 6) is -1.39. The highest BCUT2D eigenvalue weighted by atomic mass is 19.4. The van der Waals surface area contributed by atoms with Crippen molar-refractivity contribution in [3.8, 4) is 0 Å². The van der Waals surface area contributed by atoms with Crippen molar-refractivity contribution in [1.82, 2.24) is 4.90 Å². The van der Waals surface area contributed by atoms with Crippen molar-refractivity contribution in [3.63, 3.8) is 0 Å². The number of halogens is 6. The molecule has 4 nitrogen and oxygen atoms in total. The third kappa shape index (κ3) is 3.76. The highest BCUT2D eigenvalue weighted by molar-refractivity contribution is 6.15. The Morgan fingerprint density at radius 2 is 1.28 bits per heavy atom. The average molecular weight is 451 g/mol. The molecule has 0 saturated heterocycles. The minimum absolute atomic E-state index is 0.0697. The van der Waals surface area contributed by atoms with Gasteiger partial charge in [0.2, 0.25) is 0 Å². The van der Waals surface area contributed by atoms with Crippen LogP contribution in [0.15, 0.2) is 93.5 Å². The topological polar surface area (TPSA) is 41.1 Å². The van der Waals surface area contributed by atoms with Crippen LogP contribution in [-0.4, -0.2) is 34.6 Å². The van der Waals surface area contributed by atoms with Crippen molar-refractivity contribution in [2.45, 2.75) is 24.6 Å². The van der Waals surface area contributed by atoms with Gasteiger partial charge in [0, 0.05) is 5.56 Å². The zero-order valence-electron chi connectivity index (χ0n) is 16.2. The second-order valence-electron chi connectivity index (χ2n) is 6.95. The van der Waals surface area contributed by atoms with Gasteiger partial charge in [-0.2, -0.15) is 26.3 Å². The van der Waals surface area contributed by atoms with Gasteiger partial charge in [-0.05, 0) is 17.7 Å². The van der Waals surface area contributed by atoms with Crippen LogP contribution in [0.5, 0.6) is 0 Å². The molecule has 32 heavy (non-hydrogen) atoms. The van der Waals surface area contributed by atoms with Gasteiger partial charge in [-0.3, -0.25) is 0 Å². The SMILES string of the molecule is FC(F)(F)C1(C(F)(F)F)N=C(c2ccccc2)N(Cc2ccccc2)C(c2ccco2)=N1. The van der Waals surface area contributed by atoms with Gasteiger partial charge in [0.25, 0.3) is 0 Å². The van der Waals surface area contributed by atoms with E-state index in [1.807, 2.05) is 0 Å². The number of furan rings is 1. The van der Waals surface area contributed by atoms with E-state index in [4.69, 9.17) is 4.42 Å². The molecule has 0 saturated carbocycles.